The van der Waals surface area contributed by atoms with E-state index in [1.807, 2.05) is 24.3 Å². The lowest BCUT2D eigenvalue weighted by molar-refractivity contribution is 0.627. The Morgan fingerprint density at radius 1 is 0.237 bits per heavy atom. The summed E-state index contributed by atoms with van der Waals surface area (Å²) in [6.45, 7) is 0. The van der Waals surface area contributed by atoms with E-state index in [1.54, 1.807) is 0 Å². The van der Waals surface area contributed by atoms with E-state index in [-0.39, 0.29) is 11.6 Å². The predicted octanol–water partition coefficient (Wildman–Crippen LogP) is 20.7. The third-order valence-corrected chi connectivity index (χ3v) is 15.8. The van der Waals surface area contributed by atoms with Crippen molar-refractivity contribution in [3.63, 3.8) is 0 Å². The molecule has 378 valence electrons. The number of hydrogen-bond donors (Lipinski definition) is 0. The van der Waals surface area contributed by atoms with Gasteiger partial charge in [0.1, 0.15) is 11.6 Å². The molecule has 0 bridgehead atoms. The average molecular weight is 1030 g/mol. The summed E-state index contributed by atoms with van der Waals surface area (Å²) < 4.78 is 32.7. The van der Waals surface area contributed by atoms with E-state index < -0.39 is 0 Å². The minimum Gasteiger partial charge on any atom is -0.310 e. The molecule has 0 amide bonds. The molecular weight excluding hydrogens is 983 g/mol. The zero-order valence-electron chi connectivity index (χ0n) is 43.3. The van der Waals surface area contributed by atoms with Crippen LogP contribution in [0.15, 0.2) is 291 Å². The summed E-state index contributed by atoms with van der Waals surface area (Å²) in [6.07, 6.45) is 0. The molecule has 2 aromatic heterocycles. The fraction of sp³-hybridized carbons (Fsp3) is 0. The fourth-order valence-corrected chi connectivity index (χ4v) is 12.1. The number of nitrogens with zero attached hydrogens (tertiary/aromatic N) is 4. The predicted molar refractivity (Wildman–Crippen MR) is 330 cm³/mol. The summed E-state index contributed by atoms with van der Waals surface area (Å²) in [5.74, 6) is -0.514. The molecule has 0 aliphatic carbocycles. The Morgan fingerprint density at radius 2 is 0.550 bits per heavy atom. The van der Waals surface area contributed by atoms with Crippen molar-refractivity contribution in [1.29, 1.82) is 0 Å². The molecule has 0 aliphatic heterocycles. The maximum Gasteiger partial charge on any atom is 0.123 e. The first kappa shape index (κ1) is 46.7. The molecule has 13 aromatic carbocycles. The first-order valence-corrected chi connectivity index (χ1v) is 26.9. The highest BCUT2D eigenvalue weighted by Gasteiger charge is 2.22. The fourth-order valence-electron chi connectivity index (χ4n) is 12.1. The largest absolute Gasteiger partial charge is 0.310 e. The van der Waals surface area contributed by atoms with Crippen LogP contribution < -0.4 is 9.80 Å². The Hall–Kier alpha value is -10.6. The molecule has 4 nitrogen and oxygen atoms in total. The minimum atomic E-state index is -0.257. The molecule has 0 aliphatic rings. The van der Waals surface area contributed by atoms with E-state index in [0.29, 0.717) is 0 Å². The number of fused-ring (bicyclic) bond motifs is 8. The topological polar surface area (TPSA) is 16.3 Å². The number of aromatic nitrogens is 2. The first-order valence-electron chi connectivity index (χ1n) is 26.9. The lowest BCUT2D eigenvalue weighted by Gasteiger charge is -2.27. The van der Waals surface area contributed by atoms with E-state index in [4.69, 9.17) is 0 Å². The van der Waals surface area contributed by atoms with Crippen molar-refractivity contribution in [1.82, 2.24) is 9.13 Å². The summed E-state index contributed by atoms with van der Waals surface area (Å²) in [5.41, 5.74) is 16.9. The molecule has 0 fully saturated rings. The SMILES string of the molecule is Fc1ccc(-n2c3ccccc3c3cc(N(c4ccc(-c5ccc(-c6ccc(N(c7ccc8c(c7)c7ccccc7n8-c7ccc(F)cc7)c7cccc8ccccc78)cc6)cc5)cc4)c4cccc5ccccc45)ccc32)cc1. The highest BCUT2D eigenvalue weighted by molar-refractivity contribution is 6.13. The zero-order valence-corrected chi connectivity index (χ0v) is 43.3. The highest BCUT2D eigenvalue weighted by Crippen LogP contribution is 2.45. The number of hydrogen-bond acceptors (Lipinski definition) is 2. The normalized spacial score (nSPS) is 11.6. The molecule has 0 unspecified atom stereocenters. The molecular formula is C74H48F2N4. The van der Waals surface area contributed by atoms with Gasteiger partial charge in [0.05, 0.1) is 33.4 Å². The summed E-state index contributed by atoms with van der Waals surface area (Å²) in [5, 5.41) is 9.13. The van der Waals surface area contributed by atoms with Gasteiger partial charge in [-0.05, 0) is 166 Å². The van der Waals surface area contributed by atoms with E-state index in [1.165, 1.54) is 35.0 Å². The minimum absolute atomic E-state index is 0.257. The van der Waals surface area contributed by atoms with Crippen LogP contribution in [0.25, 0.3) is 98.8 Å². The maximum absolute atomic E-state index is 14.2. The molecule has 0 radical (unpaired) electrons. The van der Waals surface area contributed by atoms with Crippen LogP contribution in [-0.4, -0.2) is 9.13 Å². The molecule has 2 heterocycles. The molecule has 15 rings (SSSR count). The zero-order chi connectivity index (χ0) is 53.3. The van der Waals surface area contributed by atoms with Crippen molar-refractivity contribution >= 4 is 99.3 Å². The van der Waals surface area contributed by atoms with Crippen LogP contribution in [-0.2, 0) is 0 Å². The van der Waals surface area contributed by atoms with E-state index in [0.717, 1.165) is 122 Å². The van der Waals surface area contributed by atoms with Crippen molar-refractivity contribution in [3.05, 3.63) is 303 Å². The molecule has 80 heavy (non-hydrogen) atoms. The summed E-state index contributed by atoms with van der Waals surface area (Å²) in [7, 11) is 0. The van der Waals surface area contributed by atoms with Crippen molar-refractivity contribution < 1.29 is 8.78 Å². The molecule has 6 heteroatoms. The number of benzene rings is 13. The van der Waals surface area contributed by atoms with Crippen LogP contribution in [0.3, 0.4) is 0 Å². The van der Waals surface area contributed by atoms with Gasteiger partial charge in [0.2, 0.25) is 0 Å². The van der Waals surface area contributed by atoms with Gasteiger partial charge in [0.25, 0.3) is 0 Å². The van der Waals surface area contributed by atoms with Gasteiger partial charge in [-0.25, -0.2) is 8.78 Å². The second-order valence-corrected chi connectivity index (χ2v) is 20.4. The molecule has 0 spiro atoms. The van der Waals surface area contributed by atoms with E-state index in [2.05, 4.69) is 262 Å². The maximum atomic E-state index is 14.2. The third-order valence-electron chi connectivity index (χ3n) is 15.8. The highest BCUT2D eigenvalue weighted by atomic mass is 19.1. The standard InChI is InChI=1S/C74H48F2N4/c75-55-31-39-59(40-32-55)79-71-19-7-5-17-65(71)67-47-61(43-45-73(67)79)77(69-21-9-13-53-11-1-3-15-63(53)69)57-35-27-51(28-36-57)49-23-25-50(26-24-49)52-29-37-58(38-30-52)78(70-22-10-14-54-12-2-4-16-64(54)70)62-44-46-74-68(48-62)66-18-6-8-20-72(66)80(74)60-41-33-56(76)34-42-60/h1-48H. The monoisotopic (exact) mass is 1030 g/mol. The molecule has 0 saturated heterocycles. The summed E-state index contributed by atoms with van der Waals surface area (Å²) in [6, 6.07) is 100. The van der Waals surface area contributed by atoms with Crippen LogP contribution in [0, 0.1) is 11.6 Å². The van der Waals surface area contributed by atoms with Crippen LogP contribution in [0.4, 0.5) is 42.9 Å². The Bertz CT molecular complexity index is 4510. The van der Waals surface area contributed by atoms with Crippen LogP contribution in [0.1, 0.15) is 0 Å². The van der Waals surface area contributed by atoms with Gasteiger partial charge in [0.15, 0.2) is 0 Å². The smallest absolute Gasteiger partial charge is 0.123 e. The Balaban J connectivity index is 0.766. The molecule has 0 atom stereocenters. The average Bonchev–Trinajstić information content (AvgIpc) is 4.26. The van der Waals surface area contributed by atoms with Gasteiger partial charge in [-0.2, -0.15) is 0 Å². The third kappa shape index (κ3) is 7.96. The van der Waals surface area contributed by atoms with Crippen LogP contribution in [0.5, 0.6) is 0 Å². The van der Waals surface area contributed by atoms with Crippen molar-refractivity contribution in [3.8, 4) is 33.6 Å². The number of para-hydroxylation sites is 2. The number of anilines is 6. The Kier molecular flexibility index (Phi) is 11.2. The first-order chi connectivity index (χ1) is 39.5. The number of rotatable bonds is 10. The van der Waals surface area contributed by atoms with Crippen molar-refractivity contribution in [2.45, 2.75) is 0 Å². The molecule has 0 N–H and O–H groups in total. The Labute approximate surface area is 461 Å². The lowest BCUT2D eigenvalue weighted by atomic mass is 9.99. The van der Waals surface area contributed by atoms with Crippen LogP contribution >= 0.6 is 0 Å². The van der Waals surface area contributed by atoms with Gasteiger partial charge in [-0.15, -0.1) is 0 Å². The Morgan fingerprint density at radius 3 is 0.950 bits per heavy atom. The van der Waals surface area contributed by atoms with Gasteiger partial charge >= 0.3 is 0 Å². The molecule has 0 saturated carbocycles. The summed E-state index contributed by atoms with van der Waals surface area (Å²) >= 11 is 0. The van der Waals surface area contributed by atoms with Gasteiger partial charge < -0.3 is 18.9 Å². The van der Waals surface area contributed by atoms with Crippen LogP contribution in [0.2, 0.25) is 0 Å². The van der Waals surface area contributed by atoms with Gasteiger partial charge in [0, 0.05) is 66.4 Å². The number of halogens is 2. The van der Waals surface area contributed by atoms with E-state index in [9.17, 15) is 8.78 Å². The van der Waals surface area contributed by atoms with Gasteiger partial charge in [-0.1, -0.05) is 158 Å². The van der Waals surface area contributed by atoms with Crippen molar-refractivity contribution in [2.24, 2.45) is 0 Å². The van der Waals surface area contributed by atoms with Gasteiger partial charge in [-0.3, -0.25) is 0 Å². The second kappa shape index (κ2) is 19.2. The van der Waals surface area contributed by atoms with E-state index >= 15 is 0 Å². The molecule has 15 aromatic rings. The van der Waals surface area contributed by atoms with Crippen molar-refractivity contribution in [2.75, 3.05) is 9.80 Å². The second-order valence-electron chi connectivity index (χ2n) is 20.4. The summed E-state index contributed by atoms with van der Waals surface area (Å²) in [4.78, 5) is 4.72. The quantitative estimate of drug-likeness (QED) is 0.136. The lowest BCUT2D eigenvalue weighted by Crippen LogP contribution is -2.10.